The Morgan fingerprint density at radius 3 is 2.30 bits per heavy atom. The van der Waals surface area contributed by atoms with Crippen LogP contribution in [0.15, 0.2) is 24.3 Å². The highest BCUT2D eigenvalue weighted by atomic mass is 16.6. The lowest BCUT2D eigenvalue weighted by Crippen LogP contribution is -2.43. The molecular formula is C18H29NO4. The van der Waals surface area contributed by atoms with Crippen LogP contribution in [-0.2, 0) is 11.2 Å². The number of hydrogen-bond donors (Lipinski definition) is 3. The van der Waals surface area contributed by atoms with Crippen LogP contribution in [0.2, 0.25) is 0 Å². The first-order chi connectivity index (χ1) is 10.7. The van der Waals surface area contributed by atoms with Crippen LogP contribution in [0.5, 0.6) is 5.75 Å². The number of rotatable bonds is 7. The summed E-state index contributed by atoms with van der Waals surface area (Å²) in [7, 11) is 0. The molecule has 0 aliphatic carbocycles. The highest BCUT2D eigenvalue weighted by Crippen LogP contribution is 2.28. The number of phenols is 1. The monoisotopic (exact) mass is 323 g/mol. The van der Waals surface area contributed by atoms with Gasteiger partial charge in [-0.25, -0.2) is 4.79 Å². The molecule has 0 saturated heterocycles. The number of alkyl carbamates (subject to hydrolysis) is 1. The fraction of sp³-hybridized carbons (Fsp3) is 0.611. The van der Waals surface area contributed by atoms with E-state index in [9.17, 15) is 15.0 Å². The molecule has 0 aliphatic heterocycles. The third-order valence-electron chi connectivity index (χ3n) is 3.64. The SMILES string of the molecule is CCCC(CO)(CNC(=O)OC(C)(C)C)Cc1ccc(O)cc1. The number of amides is 1. The molecule has 5 nitrogen and oxygen atoms in total. The molecule has 1 aromatic rings. The van der Waals surface area contributed by atoms with Gasteiger partial charge in [0.15, 0.2) is 0 Å². The van der Waals surface area contributed by atoms with Crippen molar-refractivity contribution in [2.45, 2.75) is 52.6 Å². The third-order valence-corrected chi connectivity index (χ3v) is 3.64. The summed E-state index contributed by atoms with van der Waals surface area (Å²) in [6, 6.07) is 6.93. The summed E-state index contributed by atoms with van der Waals surface area (Å²) in [4.78, 5) is 11.9. The molecule has 0 radical (unpaired) electrons. The quantitative estimate of drug-likeness (QED) is 0.720. The van der Waals surface area contributed by atoms with Crippen molar-refractivity contribution in [3.63, 3.8) is 0 Å². The van der Waals surface area contributed by atoms with E-state index in [2.05, 4.69) is 12.2 Å². The number of aliphatic hydroxyl groups excluding tert-OH is 1. The van der Waals surface area contributed by atoms with Crippen molar-refractivity contribution < 1.29 is 19.7 Å². The summed E-state index contributed by atoms with van der Waals surface area (Å²) in [6.07, 6.45) is 1.82. The van der Waals surface area contributed by atoms with Gasteiger partial charge in [-0.15, -0.1) is 0 Å². The molecule has 23 heavy (non-hydrogen) atoms. The molecule has 1 amide bonds. The minimum atomic E-state index is -0.548. The molecule has 0 aliphatic rings. The first-order valence-electron chi connectivity index (χ1n) is 8.05. The minimum Gasteiger partial charge on any atom is -0.508 e. The van der Waals surface area contributed by atoms with Gasteiger partial charge in [0.1, 0.15) is 11.4 Å². The molecule has 0 fully saturated rings. The minimum absolute atomic E-state index is 0.0302. The number of carbonyl (C=O) groups excluding carboxylic acids is 1. The molecule has 1 atom stereocenters. The Balaban J connectivity index is 2.77. The average Bonchev–Trinajstić information content (AvgIpc) is 2.46. The Hall–Kier alpha value is -1.75. The summed E-state index contributed by atoms with van der Waals surface area (Å²) in [5, 5.41) is 22.1. The largest absolute Gasteiger partial charge is 0.508 e. The zero-order valence-corrected chi connectivity index (χ0v) is 14.6. The zero-order chi connectivity index (χ0) is 17.5. The number of benzene rings is 1. The Labute approximate surface area is 138 Å². The molecule has 0 aromatic heterocycles. The molecular weight excluding hydrogens is 294 g/mol. The maximum absolute atomic E-state index is 11.9. The second-order valence-corrected chi connectivity index (χ2v) is 7.11. The summed E-state index contributed by atoms with van der Waals surface area (Å²) in [5.41, 5.74) is 0.0207. The van der Waals surface area contributed by atoms with E-state index in [1.165, 1.54) is 0 Å². The normalized spacial score (nSPS) is 14.1. The van der Waals surface area contributed by atoms with Gasteiger partial charge in [0.2, 0.25) is 0 Å². The molecule has 0 spiro atoms. The Bertz CT molecular complexity index is 493. The van der Waals surface area contributed by atoms with Gasteiger partial charge < -0.3 is 20.3 Å². The van der Waals surface area contributed by atoms with Crippen LogP contribution in [-0.4, -0.2) is 35.1 Å². The van der Waals surface area contributed by atoms with E-state index in [-0.39, 0.29) is 12.4 Å². The molecule has 0 bridgehead atoms. The fourth-order valence-corrected chi connectivity index (χ4v) is 2.58. The number of phenolic OH excluding ortho intramolecular Hbond substituents is 1. The van der Waals surface area contributed by atoms with Crippen molar-refractivity contribution >= 4 is 6.09 Å². The van der Waals surface area contributed by atoms with E-state index < -0.39 is 17.1 Å². The maximum atomic E-state index is 11.9. The lowest BCUT2D eigenvalue weighted by molar-refractivity contribution is 0.0455. The van der Waals surface area contributed by atoms with Gasteiger partial charge in [-0.3, -0.25) is 0 Å². The molecule has 1 rings (SSSR count). The molecule has 1 aromatic carbocycles. The first-order valence-corrected chi connectivity index (χ1v) is 8.05. The lowest BCUT2D eigenvalue weighted by Gasteiger charge is -2.32. The molecule has 5 heteroatoms. The number of nitrogens with one attached hydrogen (secondary N) is 1. The Kier molecular flexibility index (Phi) is 6.88. The van der Waals surface area contributed by atoms with Gasteiger partial charge in [0.05, 0.1) is 6.61 Å². The molecule has 0 saturated carbocycles. The van der Waals surface area contributed by atoms with Crippen LogP contribution >= 0.6 is 0 Å². The van der Waals surface area contributed by atoms with Crippen molar-refractivity contribution in [3.05, 3.63) is 29.8 Å². The third kappa shape index (κ3) is 6.91. The maximum Gasteiger partial charge on any atom is 0.407 e. The van der Waals surface area contributed by atoms with E-state index in [0.29, 0.717) is 13.0 Å². The predicted octanol–water partition coefficient (Wildman–Crippen LogP) is 3.24. The van der Waals surface area contributed by atoms with Crippen molar-refractivity contribution in [1.82, 2.24) is 5.32 Å². The van der Waals surface area contributed by atoms with E-state index in [0.717, 1.165) is 18.4 Å². The number of ether oxygens (including phenoxy) is 1. The molecule has 1 unspecified atom stereocenters. The second kappa shape index (κ2) is 8.20. The number of carbonyl (C=O) groups is 1. The van der Waals surface area contributed by atoms with Gasteiger partial charge in [0, 0.05) is 12.0 Å². The standard InChI is InChI=1S/C18H29NO4/c1-5-10-18(13-20,11-14-6-8-15(21)9-7-14)12-19-16(22)23-17(2,3)4/h6-9,20-21H,5,10-13H2,1-4H3,(H,19,22). The fourth-order valence-electron chi connectivity index (χ4n) is 2.58. The van der Waals surface area contributed by atoms with E-state index in [1.54, 1.807) is 12.1 Å². The van der Waals surface area contributed by atoms with Crippen LogP contribution in [0.3, 0.4) is 0 Å². The van der Waals surface area contributed by atoms with Crippen LogP contribution in [0, 0.1) is 5.41 Å². The lowest BCUT2D eigenvalue weighted by atomic mass is 9.78. The summed E-state index contributed by atoms with van der Waals surface area (Å²) in [6.45, 7) is 7.80. The highest BCUT2D eigenvalue weighted by molar-refractivity contribution is 5.67. The van der Waals surface area contributed by atoms with Gasteiger partial charge in [0.25, 0.3) is 0 Å². The number of aromatic hydroxyl groups is 1. The summed E-state index contributed by atoms with van der Waals surface area (Å²) in [5.74, 6) is 0.214. The summed E-state index contributed by atoms with van der Waals surface area (Å²) >= 11 is 0. The number of hydrogen-bond acceptors (Lipinski definition) is 4. The predicted molar refractivity (Wildman–Crippen MR) is 90.5 cm³/mol. The van der Waals surface area contributed by atoms with Crippen molar-refractivity contribution in [3.8, 4) is 5.75 Å². The molecule has 3 N–H and O–H groups in total. The average molecular weight is 323 g/mol. The number of aliphatic hydroxyl groups is 1. The summed E-state index contributed by atoms with van der Waals surface area (Å²) < 4.78 is 5.26. The van der Waals surface area contributed by atoms with Crippen LogP contribution in [0.4, 0.5) is 4.79 Å². The highest BCUT2D eigenvalue weighted by Gasteiger charge is 2.30. The van der Waals surface area contributed by atoms with E-state index in [4.69, 9.17) is 4.74 Å². The van der Waals surface area contributed by atoms with Gasteiger partial charge in [-0.05, 0) is 51.3 Å². The van der Waals surface area contributed by atoms with Crippen LogP contribution < -0.4 is 5.32 Å². The van der Waals surface area contributed by atoms with Gasteiger partial charge >= 0.3 is 6.09 Å². The topological polar surface area (TPSA) is 78.8 Å². The smallest absolute Gasteiger partial charge is 0.407 e. The van der Waals surface area contributed by atoms with Crippen LogP contribution in [0.25, 0.3) is 0 Å². The van der Waals surface area contributed by atoms with Gasteiger partial charge in [-0.1, -0.05) is 25.5 Å². The van der Waals surface area contributed by atoms with Crippen LogP contribution in [0.1, 0.15) is 46.1 Å². The van der Waals surface area contributed by atoms with Gasteiger partial charge in [-0.2, -0.15) is 0 Å². The van der Waals surface area contributed by atoms with Crippen molar-refractivity contribution in [2.24, 2.45) is 5.41 Å². The molecule has 0 heterocycles. The van der Waals surface area contributed by atoms with E-state index >= 15 is 0 Å². The zero-order valence-electron chi connectivity index (χ0n) is 14.6. The van der Waals surface area contributed by atoms with Crippen molar-refractivity contribution in [2.75, 3.05) is 13.2 Å². The van der Waals surface area contributed by atoms with Crippen molar-refractivity contribution in [1.29, 1.82) is 0 Å². The van der Waals surface area contributed by atoms with E-state index in [1.807, 2.05) is 32.9 Å². The first kappa shape index (κ1) is 19.3. The Morgan fingerprint density at radius 1 is 1.22 bits per heavy atom. The second-order valence-electron chi connectivity index (χ2n) is 7.11. The Morgan fingerprint density at radius 2 is 1.83 bits per heavy atom. The molecule has 130 valence electrons.